The van der Waals surface area contributed by atoms with E-state index in [0.717, 1.165) is 22.0 Å². The van der Waals surface area contributed by atoms with Gasteiger partial charge in [0.2, 0.25) is 0 Å². The van der Waals surface area contributed by atoms with Crippen LogP contribution in [0.15, 0.2) is 65.8 Å². The van der Waals surface area contributed by atoms with E-state index in [2.05, 4.69) is 9.98 Å². The molecule has 0 saturated carbocycles. The summed E-state index contributed by atoms with van der Waals surface area (Å²) in [5, 5.41) is 1.10. The molecule has 2 aromatic carbocycles. The lowest BCUT2D eigenvalue weighted by Gasteiger charge is -2.13. The standard InChI is InChI=1S/C18H18N4O.ClH/c19-18(20)22-17(23)15(12-6-2-1-3-7-12)10-13-11-21-16-9-5-4-8-14(13)16;/h1-9,11,15,21H,10H2,(H4,19,20,22,23);1H. The predicted molar refractivity (Wildman–Crippen MR) is 99.3 cm³/mol. The van der Waals surface area contributed by atoms with Crippen LogP contribution < -0.4 is 11.5 Å². The monoisotopic (exact) mass is 342 g/mol. The Morgan fingerprint density at radius 3 is 2.42 bits per heavy atom. The van der Waals surface area contributed by atoms with E-state index in [4.69, 9.17) is 11.5 Å². The topological polar surface area (TPSA) is 97.3 Å². The van der Waals surface area contributed by atoms with Crippen molar-refractivity contribution < 1.29 is 4.79 Å². The first-order chi connectivity index (χ1) is 11.1. The van der Waals surface area contributed by atoms with Gasteiger partial charge in [0.25, 0.3) is 5.91 Å². The fourth-order valence-electron chi connectivity index (χ4n) is 2.76. The van der Waals surface area contributed by atoms with Crippen molar-refractivity contribution in [2.75, 3.05) is 0 Å². The maximum Gasteiger partial charge on any atom is 0.256 e. The van der Waals surface area contributed by atoms with Gasteiger partial charge in [0.05, 0.1) is 5.92 Å². The van der Waals surface area contributed by atoms with Crippen molar-refractivity contribution in [1.82, 2.24) is 4.98 Å². The number of nitrogens with two attached hydrogens (primary N) is 2. The number of halogens is 1. The Hall–Kier alpha value is -2.79. The van der Waals surface area contributed by atoms with Crippen LogP contribution in [0.2, 0.25) is 0 Å². The summed E-state index contributed by atoms with van der Waals surface area (Å²) in [7, 11) is 0. The average Bonchev–Trinajstić information content (AvgIpc) is 2.96. The molecule has 0 saturated heterocycles. The normalized spacial score (nSPS) is 11.5. The Balaban J connectivity index is 0.00000208. The lowest BCUT2D eigenvalue weighted by atomic mass is 9.91. The molecule has 1 heterocycles. The highest BCUT2D eigenvalue weighted by atomic mass is 35.5. The second kappa shape index (κ2) is 7.66. The number of aliphatic imine (C=N–C) groups is 1. The van der Waals surface area contributed by atoms with Crippen LogP contribution in [0.25, 0.3) is 10.9 Å². The molecule has 0 aliphatic carbocycles. The number of para-hydroxylation sites is 1. The number of carbonyl (C=O) groups is 1. The number of nitrogens with zero attached hydrogens (tertiary/aromatic N) is 1. The highest BCUT2D eigenvalue weighted by Gasteiger charge is 2.22. The Kier molecular flexibility index (Phi) is 5.60. The van der Waals surface area contributed by atoms with Crippen molar-refractivity contribution in [3.63, 3.8) is 0 Å². The Morgan fingerprint density at radius 1 is 1.04 bits per heavy atom. The zero-order valence-electron chi connectivity index (χ0n) is 13.0. The number of hydrogen-bond acceptors (Lipinski definition) is 1. The van der Waals surface area contributed by atoms with Gasteiger partial charge in [-0.1, -0.05) is 48.5 Å². The van der Waals surface area contributed by atoms with Crippen LogP contribution in [0.1, 0.15) is 17.0 Å². The molecule has 0 aliphatic heterocycles. The molecule has 0 spiro atoms. The number of aromatic nitrogens is 1. The molecule has 3 aromatic rings. The van der Waals surface area contributed by atoms with E-state index >= 15 is 0 Å². The largest absolute Gasteiger partial charge is 0.370 e. The third kappa shape index (κ3) is 3.75. The van der Waals surface area contributed by atoms with Crippen LogP contribution in [0, 0.1) is 0 Å². The first-order valence-electron chi connectivity index (χ1n) is 7.38. The molecule has 0 aliphatic rings. The third-order valence-corrected chi connectivity index (χ3v) is 3.84. The van der Waals surface area contributed by atoms with Gasteiger partial charge in [-0.3, -0.25) is 4.79 Å². The lowest BCUT2D eigenvalue weighted by molar-refractivity contribution is -0.119. The quantitative estimate of drug-likeness (QED) is 0.502. The molecule has 5 nitrogen and oxygen atoms in total. The van der Waals surface area contributed by atoms with E-state index in [0.29, 0.717) is 6.42 Å². The minimum Gasteiger partial charge on any atom is -0.370 e. The van der Waals surface area contributed by atoms with E-state index in [1.54, 1.807) is 0 Å². The summed E-state index contributed by atoms with van der Waals surface area (Å²) in [6.45, 7) is 0. The molecule has 6 heteroatoms. The first kappa shape index (κ1) is 17.6. The maximum absolute atomic E-state index is 12.5. The summed E-state index contributed by atoms with van der Waals surface area (Å²) in [5.74, 6) is -0.964. The van der Waals surface area contributed by atoms with Crippen LogP contribution in [0.3, 0.4) is 0 Å². The average molecular weight is 343 g/mol. The number of H-pyrrole nitrogens is 1. The van der Waals surface area contributed by atoms with Crippen molar-refractivity contribution >= 4 is 35.2 Å². The van der Waals surface area contributed by atoms with Crippen LogP contribution in [0.5, 0.6) is 0 Å². The minimum atomic E-state index is -0.419. The van der Waals surface area contributed by atoms with Crippen molar-refractivity contribution in [2.24, 2.45) is 16.5 Å². The number of benzene rings is 2. The highest BCUT2D eigenvalue weighted by Crippen LogP contribution is 2.27. The summed E-state index contributed by atoms with van der Waals surface area (Å²) in [6, 6.07) is 17.6. The zero-order chi connectivity index (χ0) is 16.2. The van der Waals surface area contributed by atoms with E-state index in [1.165, 1.54) is 0 Å². The molecule has 1 unspecified atom stereocenters. The first-order valence-corrected chi connectivity index (χ1v) is 7.38. The summed E-state index contributed by atoms with van der Waals surface area (Å²) < 4.78 is 0. The number of hydrogen-bond donors (Lipinski definition) is 3. The zero-order valence-corrected chi connectivity index (χ0v) is 13.8. The fourth-order valence-corrected chi connectivity index (χ4v) is 2.76. The molecular formula is C18H19ClN4O. The minimum absolute atomic E-state index is 0. The number of fused-ring (bicyclic) bond motifs is 1. The molecule has 124 valence electrons. The fraction of sp³-hybridized carbons (Fsp3) is 0.111. The smallest absolute Gasteiger partial charge is 0.256 e. The van der Waals surface area contributed by atoms with E-state index in [9.17, 15) is 4.79 Å². The van der Waals surface area contributed by atoms with E-state index < -0.39 is 5.92 Å². The molecule has 1 atom stereocenters. The number of amides is 1. The van der Waals surface area contributed by atoms with Crippen molar-refractivity contribution in [3.05, 3.63) is 71.9 Å². The summed E-state index contributed by atoms with van der Waals surface area (Å²) in [4.78, 5) is 19.4. The van der Waals surface area contributed by atoms with Gasteiger partial charge in [0, 0.05) is 17.1 Å². The molecular weight excluding hydrogens is 324 g/mol. The molecule has 24 heavy (non-hydrogen) atoms. The Labute approximate surface area is 146 Å². The summed E-state index contributed by atoms with van der Waals surface area (Å²) in [6.07, 6.45) is 2.47. The Morgan fingerprint density at radius 2 is 1.71 bits per heavy atom. The van der Waals surface area contributed by atoms with Crippen LogP contribution in [-0.2, 0) is 11.2 Å². The van der Waals surface area contributed by atoms with Crippen molar-refractivity contribution in [1.29, 1.82) is 0 Å². The predicted octanol–water partition coefficient (Wildman–Crippen LogP) is 2.72. The number of aromatic amines is 1. The summed E-state index contributed by atoms with van der Waals surface area (Å²) >= 11 is 0. The van der Waals surface area contributed by atoms with Gasteiger partial charge in [-0.05, 0) is 23.6 Å². The van der Waals surface area contributed by atoms with E-state index in [1.807, 2.05) is 60.8 Å². The summed E-state index contributed by atoms with van der Waals surface area (Å²) in [5.41, 5.74) is 13.8. The second-order valence-corrected chi connectivity index (χ2v) is 5.40. The molecule has 0 radical (unpaired) electrons. The van der Waals surface area contributed by atoms with Gasteiger partial charge in [0.1, 0.15) is 0 Å². The SMILES string of the molecule is Cl.NC(N)=NC(=O)C(Cc1c[nH]c2ccccc12)c1ccccc1. The molecule has 3 rings (SSSR count). The maximum atomic E-state index is 12.5. The number of carbonyl (C=O) groups excluding carboxylic acids is 1. The molecule has 0 fully saturated rings. The molecule has 1 amide bonds. The van der Waals surface area contributed by atoms with Gasteiger partial charge >= 0.3 is 0 Å². The van der Waals surface area contributed by atoms with Crippen LogP contribution in [-0.4, -0.2) is 16.9 Å². The molecule has 5 N–H and O–H groups in total. The molecule has 1 aromatic heterocycles. The van der Waals surface area contributed by atoms with Crippen LogP contribution in [0.4, 0.5) is 0 Å². The molecule has 0 bridgehead atoms. The third-order valence-electron chi connectivity index (χ3n) is 3.84. The Bertz CT molecular complexity index is 854. The number of guanidine groups is 1. The second-order valence-electron chi connectivity index (χ2n) is 5.40. The highest BCUT2D eigenvalue weighted by molar-refractivity contribution is 5.95. The van der Waals surface area contributed by atoms with Crippen molar-refractivity contribution in [3.8, 4) is 0 Å². The van der Waals surface area contributed by atoms with Gasteiger partial charge in [-0.15, -0.1) is 12.4 Å². The van der Waals surface area contributed by atoms with Crippen LogP contribution >= 0.6 is 12.4 Å². The van der Waals surface area contributed by atoms with Gasteiger partial charge in [-0.2, -0.15) is 4.99 Å². The van der Waals surface area contributed by atoms with Gasteiger partial charge < -0.3 is 16.5 Å². The van der Waals surface area contributed by atoms with Gasteiger partial charge in [-0.25, -0.2) is 0 Å². The number of rotatable bonds is 4. The van der Waals surface area contributed by atoms with E-state index in [-0.39, 0.29) is 24.3 Å². The van der Waals surface area contributed by atoms with Gasteiger partial charge in [0.15, 0.2) is 5.96 Å². The van der Waals surface area contributed by atoms with Crippen molar-refractivity contribution in [2.45, 2.75) is 12.3 Å². The lowest BCUT2D eigenvalue weighted by Crippen LogP contribution is -2.26. The number of nitrogens with one attached hydrogen (secondary N) is 1.